The number of imide groups is 1. The van der Waals surface area contributed by atoms with Gasteiger partial charge in [-0.15, -0.1) is 10.2 Å². The van der Waals surface area contributed by atoms with E-state index in [9.17, 15) is 14.0 Å². The lowest BCUT2D eigenvalue weighted by Crippen LogP contribution is -2.35. The third-order valence-corrected chi connectivity index (χ3v) is 5.11. The molecule has 138 valence electrons. The zero-order valence-corrected chi connectivity index (χ0v) is 15.4. The first-order valence-corrected chi connectivity index (χ1v) is 9.54. The first kappa shape index (κ1) is 18.8. The highest BCUT2D eigenvalue weighted by Crippen LogP contribution is 2.27. The van der Waals surface area contributed by atoms with Gasteiger partial charge in [-0.05, 0) is 24.3 Å². The lowest BCUT2D eigenvalue weighted by Gasteiger charge is -2.06. The van der Waals surface area contributed by atoms with Crippen LogP contribution in [0.1, 0.15) is 0 Å². The van der Waals surface area contributed by atoms with Crippen molar-refractivity contribution in [1.29, 1.82) is 0 Å². The molecular weight excluding hydrogens is 389 g/mol. The summed E-state index contributed by atoms with van der Waals surface area (Å²) in [5, 5.41) is 16.1. The minimum atomic E-state index is -0.797. The Bertz CT molecular complexity index is 936. The lowest BCUT2D eigenvalue weighted by atomic mass is 10.3. The number of rotatable bonds is 6. The molecule has 0 saturated heterocycles. The molecule has 0 unspecified atom stereocenters. The van der Waals surface area contributed by atoms with E-state index in [4.69, 9.17) is 0 Å². The van der Waals surface area contributed by atoms with Crippen LogP contribution >= 0.6 is 23.1 Å². The second kappa shape index (κ2) is 9.10. The number of benzene rings is 2. The number of amides is 3. The van der Waals surface area contributed by atoms with Gasteiger partial charge in [-0.1, -0.05) is 53.4 Å². The first-order chi connectivity index (χ1) is 13.1. The SMILES string of the molecule is O=C(CSc1nnc(Nc2ccccc2)s1)NC(=O)Nc1ccccc1F. The fourth-order valence-corrected chi connectivity index (χ4v) is 3.54. The number of hydrogen-bond acceptors (Lipinski definition) is 7. The number of carbonyl (C=O) groups is 2. The monoisotopic (exact) mass is 403 g/mol. The van der Waals surface area contributed by atoms with Crippen LogP contribution in [0.5, 0.6) is 0 Å². The maximum Gasteiger partial charge on any atom is 0.325 e. The van der Waals surface area contributed by atoms with Crippen LogP contribution in [-0.4, -0.2) is 27.9 Å². The van der Waals surface area contributed by atoms with Gasteiger partial charge >= 0.3 is 6.03 Å². The molecule has 0 aliphatic rings. The summed E-state index contributed by atoms with van der Waals surface area (Å²) < 4.78 is 14.0. The molecule has 3 aromatic rings. The van der Waals surface area contributed by atoms with E-state index in [0.717, 1.165) is 17.4 Å². The van der Waals surface area contributed by atoms with Crippen LogP contribution in [0.15, 0.2) is 58.9 Å². The normalized spacial score (nSPS) is 10.3. The maximum atomic E-state index is 13.5. The number of halogens is 1. The molecule has 0 fully saturated rings. The molecule has 0 atom stereocenters. The van der Waals surface area contributed by atoms with Gasteiger partial charge in [0, 0.05) is 5.69 Å². The molecule has 0 spiro atoms. The predicted molar refractivity (Wildman–Crippen MR) is 104 cm³/mol. The van der Waals surface area contributed by atoms with Crippen LogP contribution in [0, 0.1) is 5.82 Å². The Morgan fingerprint density at radius 1 is 1.04 bits per heavy atom. The number of thioether (sulfide) groups is 1. The largest absolute Gasteiger partial charge is 0.330 e. The zero-order valence-electron chi connectivity index (χ0n) is 13.8. The summed E-state index contributed by atoms with van der Waals surface area (Å²) >= 11 is 2.44. The minimum Gasteiger partial charge on any atom is -0.330 e. The second-order valence-electron chi connectivity index (χ2n) is 5.13. The van der Waals surface area contributed by atoms with E-state index in [1.54, 1.807) is 6.07 Å². The van der Waals surface area contributed by atoms with Crippen molar-refractivity contribution >= 4 is 51.5 Å². The van der Waals surface area contributed by atoms with Crippen LogP contribution in [0.4, 0.5) is 25.7 Å². The van der Waals surface area contributed by atoms with Crippen molar-refractivity contribution in [3.05, 3.63) is 60.4 Å². The van der Waals surface area contributed by atoms with Crippen LogP contribution in [-0.2, 0) is 4.79 Å². The molecule has 1 aromatic heterocycles. The summed E-state index contributed by atoms with van der Waals surface area (Å²) in [6.45, 7) is 0. The Hall–Kier alpha value is -2.98. The van der Waals surface area contributed by atoms with Gasteiger partial charge < -0.3 is 10.6 Å². The molecule has 0 saturated carbocycles. The van der Waals surface area contributed by atoms with Gasteiger partial charge in [0.15, 0.2) is 4.34 Å². The van der Waals surface area contributed by atoms with E-state index in [0.29, 0.717) is 9.47 Å². The van der Waals surface area contributed by atoms with E-state index in [1.807, 2.05) is 30.3 Å². The second-order valence-corrected chi connectivity index (χ2v) is 7.33. The van der Waals surface area contributed by atoms with Crippen LogP contribution < -0.4 is 16.0 Å². The highest BCUT2D eigenvalue weighted by atomic mass is 32.2. The average Bonchev–Trinajstić information content (AvgIpc) is 3.10. The van der Waals surface area contributed by atoms with Gasteiger partial charge in [0.2, 0.25) is 11.0 Å². The fraction of sp³-hybridized carbons (Fsp3) is 0.0588. The van der Waals surface area contributed by atoms with Gasteiger partial charge in [-0.2, -0.15) is 0 Å². The van der Waals surface area contributed by atoms with Crippen LogP contribution in [0.25, 0.3) is 0 Å². The van der Waals surface area contributed by atoms with Gasteiger partial charge in [0.25, 0.3) is 0 Å². The number of nitrogens with zero attached hydrogens (tertiary/aromatic N) is 2. The molecule has 27 heavy (non-hydrogen) atoms. The van der Waals surface area contributed by atoms with E-state index in [1.165, 1.54) is 29.5 Å². The molecule has 0 bridgehead atoms. The highest BCUT2D eigenvalue weighted by molar-refractivity contribution is 8.01. The first-order valence-electron chi connectivity index (χ1n) is 7.74. The van der Waals surface area contributed by atoms with Gasteiger partial charge in [-0.3, -0.25) is 10.1 Å². The van der Waals surface area contributed by atoms with Gasteiger partial charge in [0.05, 0.1) is 11.4 Å². The van der Waals surface area contributed by atoms with Crippen LogP contribution in [0.3, 0.4) is 0 Å². The Kier molecular flexibility index (Phi) is 6.34. The van der Waals surface area contributed by atoms with Crippen molar-refractivity contribution in [3.63, 3.8) is 0 Å². The summed E-state index contributed by atoms with van der Waals surface area (Å²) in [7, 11) is 0. The number of anilines is 3. The molecule has 1 heterocycles. The van der Waals surface area contributed by atoms with Crippen molar-refractivity contribution in [2.75, 3.05) is 16.4 Å². The summed E-state index contributed by atoms with van der Waals surface area (Å²) in [4.78, 5) is 23.6. The van der Waals surface area contributed by atoms with E-state index < -0.39 is 17.8 Å². The van der Waals surface area contributed by atoms with Crippen molar-refractivity contribution in [2.45, 2.75) is 4.34 Å². The van der Waals surface area contributed by atoms with E-state index in [2.05, 4.69) is 26.1 Å². The van der Waals surface area contributed by atoms with Crippen molar-refractivity contribution in [2.24, 2.45) is 0 Å². The van der Waals surface area contributed by atoms with Crippen LogP contribution in [0.2, 0.25) is 0 Å². The number of urea groups is 1. The van der Waals surface area contributed by atoms with E-state index in [-0.39, 0.29) is 11.4 Å². The number of aromatic nitrogens is 2. The molecule has 2 aromatic carbocycles. The van der Waals surface area contributed by atoms with Crippen molar-refractivity contribution in [1.82, 2.24) is 15.5 Å². The Morgan fingerprint density at radius 3 is 2.56 bits per heavy atom. The summed E-state index contributed by atoms with van der Waals surface area (Å²) in [6.07, 6.45) is 0. The number of carbonyl (C=O) groups excluding carboxylic acids is 2. The molecule has 7 nitrogen and oxygen atoms in total. The number of nitrogens with one attached hydrogen (secondary N) is 3. The number of para-hydroxylation sites is 2. The topological polar surface area (TPSA) is 96.0 Å². The molecule has 3 N–H and O–H groups in total. The standard InChI is InChI=1S/C17H14FN5O2S2/c18-12-8-4-5-9-13(12)20-15(25)21-14(24)10-26-17-23-22-16(27-17)19-11-6-2-1-3-7-11/h1-9H,10H2,(H,19,22)(H2,20,21,24,25). The molecule has 0 radical (unpaired) electrons. The maximum absolute atomic E-state index is 13.5. The van der Waals surface area contributed by atoms with Crippen molar-refractivity contribution in [3.8, 4) is 0 Å². The average molecular weight is 403 g/mol. The molecule has 3 amide bonds. The zero-order chi connectivity index (χ0) is 19.1. The molecule has 0 aliphatic carbocycles. The third-order valence-electron chi connectivity index (χ3n) is 3.13. The predicted octanol–water partition coefficient (Wildman–Crippen LogP) is 3.86. The van der Waals surface area contributed by atoms with Gasteiger partial charge in [-0.25, -0.2) is 9.18 Å². The molecule has 0 aliphatic heterocycles. The lowest BCUT2D eigenvalue weighted by molar-refractivity contribution is -0.117. The number of hydrogen-bond donors (Lipinski definition) is 3. The molecular formula is C17H14FN5O2S2. The Balaban J connectivity index is 1.45. The van der Waals surface area contributed by atoms with E-state index >= 15 is 0 Å². The Labute approximate surface area is 162 Å². The highest BCUT2D eigenvalue weighted by Gasteiger charge is 2.12. The quantitative estimate of drug-likeness (QED) is 0.541. The minimum absolute atomic E-state index is 0.00351. The third kappa shape index (κ3) is 5.76. The fourth-order valence-electron chi connectivity index (χ4n) is 1.97. The summed E-state index contributed by atoms with van der Waals surface area (Å²) in [6, 6.07) is 14.4. The smallest absolute Gasteiger partial charge is 0.325 e. The molecule has 10 heteroatoms. The molecule has 3 rings (SSSR count). The summed E-state index contributed by atoms with van der Waals surface area (Å²) in [5.41, 5.74) is 0.879. The summed E-state index contributed by atoms with van der Waals surface area (Å²) in [5.74, 6) is -1.13. The van der Waals surface area contributed by atoms with Gasteiger partial charge in [0.1, 0.15) is 5.82 Å². The van der Waals surface area contributed by atoms with Crippen molar-refractivity contribution < 1.29 is 14.0 Å². The Morgan fingerprint density at radius 2 is 1.78 bits per heavy atom.